The number of hydrogen-bond acceptors (Lipinski definition) is 5. The quantitative estimate of drug-likeness (QED) is 0.556. The van der Waals surface area contributed by atoms with Crippen molar-refractivity contribution in [2.45, 2.75) is 32.6 Å². The van der Waals surface area contributed by atoms with Crippen LogP contribution in [0.2, 0.25) is 0 Å². The van der Waals surface area contributed by atoms with Crippen LogP contribution in [0.3, 0.4) is 0 Å². The molecule has 7 nitrogen and oxygen atoms in total. The summed E-state index contributed by atoms with van der Waals surface area (Å²) in [6.45, 7) is 10.2. The van der Waals surface area contributed by atoms with Crippen molar-refractivity contribution in [1.82, 2.24) is 25.0 Å². The number of aliphatic imine (C=N–C) groups is 1. The highest BCUT2D eigenvalue weighted by atomic mass is 19.4. The van der Waals surface area contributed by atoms with Crippen LogP contribution in [0.5, 0.6) is 0 Å². The van der Waals surface area contributed by atoms with Gasteiger partial charge in [-0.15, -0.1) is 0 Å². The largest absolute Gasteiger partial charge is 0.403 e. The highest BCUT2D eigenvalue weighted by molar-refractivity contribution is 5.80. The standard InChI is InChI=1S/C21H34F3N7/c1-4-25-20(31-13-11-29(12-14-31)17(2)21(22,23)24)27-16-18-5-6-26-19(15-18)30-9-7-28(3)8-10-30/h5-6,15,17H,4,7-14,16H2,1-3H3,(H,25,27). The number of alkyl halides is 3. The van der Waals surface area contributed by atoms with E-state index in [-0.39, 0.29) is 0 Å². The molecule has 0 bridgehead atoms. The Morgan fingerprint density at radius 3 is 2.42 bits per heavy atom. The first-order valence-corrected chi connectivity index (χ1v) is 11.0. The number of likely N-dealkylation sites (N-methyl/N-ethyl adjacent to an activating group) is 1. The van der Waals surface area contributed by atoms with E-state index in [9.17, 15) is 13.2 Å². The number of anilines is 1. The number of guanidine groups is 1. The number of halogens is 3. The number of piperazine rings is 2. The van der Waals surface area contributed by atoms with Crippen molar-refractivity contribution in [3.8, 4) is 0 Å². The molecule has 2 fully saturated rings. The molecule has 174 valence electrons. The van der Waals surface area contributed by atoms with Crippen molar-refractivity contribution in [1.29, 1.82) is 0 Å². The van der Waals surface area contributed by atoms with Crippen LogP contribution in [0, 0.1) is 0 Å². The molecule has 2 aliphatic heterocycles. The van der Waals surface area contributed by atoms with E-state index in [0.29, 0.717) is 39.3 Å². The third-order valence-corrected chi connectivity index (χ3v) is 6.02. The third-order valence-electron chi connectivity index (χ3n) is 6.02. The topological polar surface area (TPSA) is 50.2 Å². The van der Waals surface area contributed by atoms with Crippen molar-refractivity contribution >= 4 is 11.8 Å². The molecule has 1 aromatic heterocycles. The van der Waals surface area contributed by atoms with Gasteiger partial charge in [-0.05, 0) is 38.6 Å². The minimum absolute atomic E-state index is 0.369. The zero-order valence-corrected chi connectivity index (χ0v) is 18.7. The Morgan fingerprint density at radius 2 is 1.81 bits per heavy atom. The summed E-state index contributed by atoms with van der Waals surface area (Å²) >= 11 is 0. The third kappa shape index (κ3) is 6.46. The van der Waals surface area contributed by atoms with E-state index in [4.69, 9.17) is 4.99 Å². The van der Waals surface area contributed by atoms with Gasteiger partial charge in [0, 0.05) is 65.1 Å². The molecule has 2 aliphatic rings. The van der Waals surface area contributed by atoms with Gasteiger partial charge in [0.05, 0.1) is 6.54 Å². The highest BCUT2D eigenvalue weighted by Crippen LogP contribution is 2.25. The maximum Gasteiger partial charge on any atom is 0.403 e. The van der Waals surface area contributed by atoms with Crippen molar-refractivity contribution in [3.63, 3.8) is 0 Å². The molecule has 0 radical (unpaired) electrons. The lowest BCUT2D eigenvalue weighted by Gasteiger charge is -2.39. The second-order valence-electron chi connectivity index (χ2n) is 8.22. The molecular formula is C21H34F3N7. The second-order valence-corrected chi connectivity index (χ2v) is 8.22. The molecule has 1 atom stereocenters. The number of rotatable bonds is 5. The van der Waals surface area contributed by atoms with Crippen LogP contribution in [0.15, 0.2) is 23.3 Å². The molecule has 0 aromatic carbocycles. The van der Waals surface area contributed by atoms with Crippen molar-refractivity contribution in [2.24, 2.45) is 4.99 Å². The van der Waals surface area contributed by atoms with Crippen LogP contribution < -0.4 is 10.2 Å². The summed E-state index contributed by atoms with van der Waals surface area (Å²) in [5, 5.41) is 3.28. The Hall–Kier alpha value is -2.07. The molecule has 1 N–H and O–H groups in total. The van der Waals surface area contributed by atoms with Gasteiger partial charge in [0.25, 0.3) is 0 Å². The maximum atomic E-state index is 13.0. The minimum atomic E-state index is -4.19. The van der Waals surface area contributed by atoms with Crippen molar-refractivity contribution < 1.29 is 13.2 Å². The predicted octanol–water partition coefficient (Wildman–Crippen LogP) is 1.87. The molecule has 0 spiro atoms. The summed E-state index contributed by atoms with van der Waals surface area (Å²) in [5.41, 5.74) is 1.07. The fourth-order valence-electron chi connectivity index (χ4n) is 3.89. The second kappa shape index (κ2) is 10.5. The molecule has 1 aromatic rings. The van der Waals surface area contributed by atoms with Crippen molar-refractivity contribution in [3.05, 3.63) is 23.9 Å². The molecule has 0 saturated carbocycles. The highest BCUT2D eigenvalue weighted by Gasteiger charge is 2.41. The first kappa shape index (κ1) is 23.6. The van der Waals surface area contributed by atoms with E-state index in [0.717, 1.165) is 43.5 Å². The van der Waals surface area contributed by atoms with E-state index in [1.807, 2.05) is 24.1 Å². The van der Waals surface area contributed by atoms with Crippen LogP contribution in [-0.2, 0) is 6.54 Å². The van der Waals surface area contributed by atoms with Gasteiger partial charge in [-0.25, -0.2) is 9.98 Å². The molecule has 3 rings (SSSR count). The van der Waals surface area contributed by atoms with E-state index in [2.05, 4.69) is 33.2 Å². The summed E-state index contributed by atoms with van der Waals surface area (Å²) < 4.78 is 39.0. The van der Waals surface area contributed by atoms with Gasteiger partial charge in [0.2, 0.25) is 0 Å². The van der Waals surface area contributed by atoms with E-state index in [1.165, 1.54) is 11.8 Å². The van der Waals surface area contributed by atoms with Crippen LogP contribution in [0.4, 0.5) is 19.0 Å². The minimum Gasteiger partial charge on any atom is -0.357 e. The summed E-state index contributed by atoms with van der Waals surface area (Å²) in [7, 11) is 2.13. The summed E-state index contributed by atoms with van der Waals surface area (Å²) in [6, 6.07) is 2.63. The van der Waals surface area contributed by atoms with Crippen LogP contribution in [0.1, 0.15) is 19.4 Å². The molecular weight excluding hydrogens is 407 g/mol. The Balaban J connectivity index is 1.61. The Labute approximate surface area is 182 Å². The normalized spacial score (nSPS) is 20.8. The molecule has 0 aliphatic carbocycles. The zero-order chi connectivity index (χ0) is 22.4. The number of aromatic nitrogens is 1. The Kier molecular flexibility index (Phi) is 7.99. The van der Waals surface area contributed by atoms with Crippen LogP contribution >= 0.6 is 0 Å². The van der Waals surface area contributed by atoms with E-state index in [1.54, 1.807) is 0 Å². The smallest absolute Gasteiger partial charge is 0.357 e. The maximum absolute atomic E-state index is 13.0. The van der Waals surface area contributed by atoms with Gasteiger partial charge < -0.3 is 20.0 Å². The summed E-state index contributed by atoms with van der Waals surface area (Å²) in [4.78, 5) is 17.4. The average molecular weight is 442 g/mol. The zero-order valence-electron chi connectivity index (χ0n) is 18.7. The van der Waals surface area contributed by atoms with Crippen LogP contribution in [-0.4, -0.2) is 104 Å². The van der Waals surface area contributed by atoms with Crippen LogP contribution in [0.25, 0.3) is 0 Å². The Bertz CT molecular complexity index is 724. The molecule has 1 unspecified atom stereocenters. The average Bonchev–Trinajstić information content (AvgIpc) is 2.76. The lowest BCUT2D eigenvalue weighted by molar-refractivity contribution is -0.181. The van der Waals surface area contributed by atoms with Gasteiger partial charge >= 0.3 is 6.18 Å². The van der Waals surface area contributed by atoms with Gasteiger partial charge in [-0.3, -0.25) is 4.90 Å². The summed E-state index contributed by atoms with van der Waals surface area (Å²) in [6.07, 6.45) is -2.37. The monoisotopic (exact) mass is 441 g/mol. The number of nitrogens with one attached hydrogen (secondary N) is 1. The number of hydrogen-bond donors (Lipinski definition) is 1. The van der Waals surface area contributed by atoms with Crippen molar-refractivity contribution in [2.75, 3.05) is 70.9 Å². The van der Waals surface area contributed by atoms with Gasteiger partial charge in [0.1, 0.15) is 11.9 Å². The van der Waals surface area contributed by atoms with Gasteiger partial charge in [-0.2, -0.15) is 13.2 Å². The first-order chi connectivity index (χ1) is 14.8. The number of pyridine rings is 1. The Morgan fingerprint density at radius 1 is 1.13 bits per heavy atom. The predicted molar refractivity (Wildman–Crippen MR) is 117 cm³/mol. The molecule has 2 saturated heterocycles. The lowest BCUT2D eigenvalue weighted by Crippen LogP contribution is -2.56. The fraction of sp³-hybridized carbons (Fsp3) is 0.714. The van der Waals surface area contributed by atoms with Gasteiger partial charge in [0.15, 0.2) is 5.96 Å². The lowest BCUT2D eigenvalue weighted by atomic mass is 10.2. The van der Waals surface area contributed by atoms with E-state index < -0.39 is 12.2 Å². The molecule has 3 heterocycles. The fourth-order valence-corrected chi connectivity index (χ4v) is 3.89. The molecule has 10 heteroatoms. The van der Waals surface area contributed by atoms with Gasteiger partial charge in [-0.1, -0.05) is 0 Å². The number of nitrogens with zero attached hydrogens (tertiary/aromatic N) is 6. The van der Waals surface area contributed by atoms with E-state index >= 15 is 0 Å². The molecule has 31 heavy (non-hydrogen) atoms. The first-order valence-electron chi connectivity index (χ1n) is 11.0. The molecule has 0 amide bonds. The summed E-state index contributed by atoms with van der Waals surface area (Å²) in [5.74, 6) is 1.72. The SMILES string of the molecule is CCNC(=NCc1ccnc(N2CCN(C)CC2)c1)N1CCN(C(C)C(F)(F)F)CC1.